The summed E-state index contributed by atoms with van der Waals surface area (Å²) in [6.45, 7) is 8.21. The Morgan fingerprint density at radius 3 is 2.83 bits per heavy atom. The minimum Gasteiger partial charge on any atom is -0.337 e. The van der Waals surface area contributed by atoms with Gasteiger partial charge in [0.1, 0.15) is 0 Å². The van der Waals surface area contributed by atoms with Crippen molar-refractivity contribution in [1.29, 1.82) is 0 Å². The molecule has 0 aromatic carbocycles. The summed E-state index contributed by atoms with van der Waals surface area (Å²) in [5, 5.41) is 3.45. The van der Waals surface area contributed by atoms with Gasteiger partial charge in [0.2, 0.25) is 0 Å². The van der Waals surface area contributed by atoms with Crippen molar-refractivity contribution in [2.45, 2.75) is 45.2 Å². The first-order chi connectivity index (χ1) is 8.90. The minimum absolute atomic E-state index is 0.800. The van der Waals surface area contributed by atoms with E-state index in [9.17, 15) is 0 Å². The van der Waals surface area contributed by atoms with Gasteiger partial charge in [-0.25, -0.2) is 4.98 Å². The molecule has 0 amide bonds. The first-order valence-electron chi connectivity index (χ1n) is 7.30. The van der Waals surface area contributed by atoms with Crippen molar-refractivity contribution in [3.05, 3.63) is 18.7 Å². The first kappa shape index (κ1) is 13.6. The monoisotopic (exact) mass is 250 g/mol. The number of nitrogens with one attached hydrogen (secondary N) is 1. The van der Waals surface area contributed by atoms with Gasteiger partial charge in [0.15, 0.2) is 0 Å². The van der Waals surface area contributed by atoms with Gasteiger partial charge in [-0.3, -0.25) is 0 Å². The lowest BCUT2D eigenvalue weighted by Gasteiger charge is -2.34. The lowest BCUT2D eigenvalue weighted by atomic mass is 10.0. The Bertz CT molecular complexity index is 304. The zero-order chi connectivity index (χ0) is 12.6. The summed E-state index contributed by atoms with van der Waals surface area (Å²) in [7, 11) is 0. The molecule has 0 bridgehead atoms. The summed E-state index contributed by atoms with van der Waals surface area (Å²) in [6.07, 6.45) is 10.9. The standard InChI is InChI=1S/C14H26N4/c1-2-9-18(14-4-6-15-7-5-14)11-3-10-17-12-8-16-13-17/h8,12-15H,2-7,9-11H2,1H3. The van der Waals surface area contributed by atoms with E-state index >= 15 is 0 Å². The molecule has 2 rings (SSSR count). The zero-order valence-corrected chi connectivity index (χ0v) is 11.5. The van der Waals surface area contributed by atoms with E-state index in [2.05, 4.69) is 32.9 Å². The number of hydrogen-bond donors (Lipinski definition) is 1. The van der Waals surface area contributed by atoms with E-state index in [-0.39, 0.29) is 0 Å². The summed E-state index contributed by atoms with van der Waals surface area (Å²) in [4.78, 5) is 6.78. The molecule has 0 spiro atoms. The molecule has 1 aliphatic heterocycles. The highest BCUT2D eigenvalue weighted by Crippen LogP contribution is 2.13. The first-order valence-corrected chi connectivity index (χ1v) is 7.30. The van der Waals surface area contributed by atoms with E-state index in [0.29, 0.717) is 0 Å². The Balaban J connectivity index is 1.74. The number of nitrogens with zero attached hydrogens (tertiary/aromatic N) is 3. The van der Waals surface area contributed by atoms with Crippen LogP contribution in [0.4, 0.5) is 0 Å². The largest absolute Gasteiger partial charge is 0.337 e. The molecule has 1 saturated heterocycles. The number of piperidine rings is 1. The quantitative estimate of drug-likeness (QED) is 0.800. The van der Waals surface area contributed by atoms with Crippen LogP contribution in [-0.4, -0.2) is 46.7 Å². The van der Waals surface area contributed by atoms with Crippen molar-refractivity contribution < 1.29 is 0 Å². The summed E-state index contributed by atoms with van der Waals surface area (Å²) < 4.78 is 2.17. The fraction of sp³-hybridized carbons (Fsp3) is 0.786. The molecule has 0 atom stereocenters. The highest BCUT2D eigenvalue weighted by Gasteiger charge is 2.19. The highest BCUT2D eigenvalue weighted by atomic mass is 15.2. The molecule has 0 radical (unpaired) electrons. The van der Waals surface area contributed by atoms with Crippen molar-refractivity contribution in [1.82, 2.24) is 19.8 Å². The Labute approximate surface area is 110 Å². The van der Waals surface area contributed by atoms with Gasteiger partial charge in [0.05, 0.1) is 6.33 Å². The van der Waals surface area contributed by atoms with Crippen molar-refractivity contribution in [3.8, 4) is 0 Å². The molecule has 1 aromatic rings. The van der Waals surface area contributed by atoms with Crippen LogP contribution in [0, 0.1) is 0 Å². The molecule has 1 aliphatic rings. The predicted molar refractivity (Wildman–Crippen MR) is 74.6 cm³/mol. The molecular weight excluding hydrogens is 224 g/mol. The SMILES string of the molecule is CCCN(CCCn1ccnc1)C1CCNCC1. The van der Waals surface area contributed by atoms with Gasteiger partial charge in [0, 0.05) is 31.5 Å². The van der Waals surface area contributed by atoms with Crippen LogP contribution >= 0.6 is 0 Å². The van der Waals surface area contributed by atoms with E-state index in [1.54, 1.807) is 0 Å². The van der Waals surface area contributed by atoms with Crippen LogP contribution in [0.25, 0.3) is 0 Å². The van der Waals surface area contributed by atoms with Gasteiger partial charge in [-0.05, 0) is 45.3 Å². The molecule has 4 heteroatoms. The third-order valence-corrected chi connectivity index (χ3v) is 3.76. The Morgan fingerprint density at radius 1 is 1.33 bits per heavy atom. The number of hydrogen-bond acceptors (Lipinski definition) is 3. The Kier molecular flexibility index (Phi) is 5.68. The van der Waals surface area contributed by atoms with Crippen LogP contribution in [0.1, 0.15) is 32.6 Å². The van der Waals surface area contributed by atoms with Gasteiger partial charge in [-0.2, -0.15) is 0 Å². The second-order valence-corrected chi connectivity index (χ2v) is 5.17. The lowest BCUT2D eigenvalue weighted by Crippen LogP contribution is -2.44. The molecule has 0 aliphatic carbocycles. The third kappa shape index (κ3) is 4.10. The average Bonchev–Trinajstić information content (AvgIpc) is 2.92. The van der Waals surface area contributed by atoms with Gasteiger partial charge < -0.3 is 14.8 Å². The smallest absolute Gasteiger partial charge is 0.0945 e. The lowest BCUT2D eigenvalue weighted by molar-refractivity contribution is 0.158. The van der Waals surface area contributed by atoms with Gasteiger partial charge in [-0.15, -0.1) is 0 Å². The molecule has 0 unspecified atom stereocenters. The predicted octanol–water partition coefficient (Wildman–Crippen LogP) is 1.74. The molecule has 2 heterocycles. The van der Waals surface area contributed by atoms with Crippen molar-refractivity contribution in [2.75, 3.05) is 26.2 Å². The van der Waals surface area contributed by atoms with Crippen LogP contribution in [0.3, 0.4) is 0 Å². The van der Waals surface area contributed by atoms with Crippen LogP contribution in [0.2, 0.25) is 0 Å². The molecule has 1 fully saturated rings. The van der Waals surface area contributed by atoms with Crippen LogP contribution in [0.5, 0.6) is 0 Å². The molecule has 0 saturated carbocycles. The van der Waals surface area contributed by atoms with E-state index in [4.69, 9.17) is 0 Å². The Hall–Kier alpha value is -0.870. The maximum atomic E-state index is 4.09. The fourth-order valence-corrected chi connectivity index (χ4v) is 2.81. The van der Waals surface area contributed by atoms with Gasteiger partial charge >= 0.3 is 0 Å². The molecule has 1 aromatic heterocycles. The van der Waals surface area contributed by atoms with Crippen molar-refractivity contribution in [2.24, 2.45) is 0 Å². The maximum Gasteiger partial charge on any atom is 0.0945 e. The molecule has 4 nitrogen and oxygen atoms in total. The van der Waals surface area contributed by atoms with Crippen LogP contribution in [-0.2, 0) is 6.54 Å². The van der Waals surface area contributed by atoms with E-state index in [0.717, 1.165) is 12.6 Å². The summed E-state index contributed by atoms with van der Waals surface area (Å²) in [5.41, 5.74) is 0. The molecular formula is C14H26N4. The Morgan fingerprint density at radius 2 is 2.17 bits per heavy atom. The highest BCUT2D eigenvalue weighted by molar-refractivity contribution is 4.78. The number of aromatic nitrogens is 2. The molecule has 18 heavy (non-hydrogen) atoms. The van der Waals surface area contributed by atoms with Crippen molar-refractivity contribution >= 4 is 0 Å². The number of aryl methyl sites for hydroxylation is 1. The van der Waals surface area contributed by atoms with Crippen LogP contribution < -0.4 is 5.32 Å². The summed E-state index contributed by atoms with van der Waals surface area (Å²) in [6, 6.07) is 0.800. The van der Waals surface area contributed by atoms with Crippen molar-refractivity contribution in [3.63, 3.8) is 0 Å². The number of rotatable bonds is 7. The second-order valence-electron chi connectivity index (χ2n) is 5.17. The minimum atomic E-state index is 0.800. The van der Waals surface area contributed by atoms with Gasteiger partial charge in [0.25, 0.3) is 0 Å². The topological polar surface area (TPSA) is 33.1 Å². The van der Waals surface area contributed by atoms with E-state index in [1.807, 2.05) is 12.5 Å². The van der Waals surface area contributed by atoms with E-state index in [1.165, 1.54) is 51.9 Å². The fourth-order valence-electron chi connectivity index (χ4n) is 2.81. The second kappa shape index (κ2) is 7.54. The summed E-state index contributed by atoms with van der Waals surface area (Å²) in [5.74, 6) is 0. The maximum absolute atomic E-state index is 4.09. The third-order valence-electron chi connectivity index (χ3n) is 3.76. The molecule has 102 valence electrons. The number of imidazole rings is 1. The molecule has 1 N–H and O–H groups in total. The summed E-state index contributed by atoms with van der Waals surface area (Å²) >= 11 is 0. The normalized spacial score (nSPS) is 17.4. The zero-order valence-electron chi connectivity index (χ0n) is 11.5. The van der Waals surface area contributed by atoms with Gasteiger partial charge in [-0.1, -0.05) is 6.92 Å². The van der Waals surface area contributed by atoms with E-state index < -0.39 is 0 Å². The average molecular weight is 250 g/mol. The van der Waals surface area contributed by atoms with Crippen LogP contribution in [0.15, 0.2) is 18.7 Å².